The van der Waals surface area contributed by atoms with E-state index in [1.54, 1.807) is 0 Å². The molecule has 19 heavy (non-hydrogen) atoms. The van der Waals surface area contributed by atoms with Crippen LogP contribution >= 0.6 is 0 Å². The monoisotopic (exact) mass is 262 g/mol. The van der Waals surface area contributed by atoms with Crippen molar-refractivity contribution in [2.45, 2.75) is 34.6 Å². The third kappa shape index (κ3) is 4.93. The minimum atomic E-state index is 0.101. The van der Waals surface area contributed by atoms with Crippen molar-refractivity contribution in [2.75, 3.05) is 25.0 Å². The van der Waals surface area contributed by atoms with Crippen LogP contribution in [0.25, 0.3) is 0 Å². The van der Waals surface area contributed by atoms with Gasteiger partial charge in [0.2, 0.25) is 0 Å². The Bertz CT molecular complexity index is 417. The summed E-state index contributed by atoms with van der Waals surface area (Å²) in [5, 5.41) is 3.38. The van der Waals surface area contributed by atoms with Gasteiger partial charge >= 0.3 is 0 Å². The number of carbonyl (C=O) groups is 1. The predicted octanol–water partition coefficient (Wildman–Crippen LogP) is 3.63. The van der Waals surface area contributed by atoms with E-state index in [1.807, 2.05) is 43.0 Å². The van der Waals surface area contributed by atoms with Crippen LogP contribution in [0.3, 0.4) is 0 Å². The maximum atomic E-state index is 12.3. The van der Waals surface area contributed by atoms with Crippen LogP contribution in [0.5, 0.6) is 0 Å². The fourth-order valence-corrected chi connectivity index (χ4v) is 1.82. The standard InChI is InChI=1S/C16H26N2O/c1-6-18(7-2)15(19)13-9-8-10-14(11-13)17-12-16(3,4)5/h8-11,17H,6-7,12H2,1-5H3. The van der Waals surface area contributed by atoms with E-state index >= 15 is 0 Å². The number of anilines is 1. The third-order valence-corrected chi connectivity index (χ3v) is 2.98. The molecule has 0 saturated heterocycles. The van der Waals surface area contributed by atoms with Crippen molar-refractivity contribution in [3.63, 3.8) is 0 Å². The van der Waals surface area contributed by atoms with Gasteiger partial charge in [0.1, 0.15) is 0 Å². The van der Waals surface area contributed by atoms with Gasteiger partial charge in [-0.15, -0.1) is 0 Å². The molecule has 0 radical (unpaired) electrons. The highest BCUT2D eigenvalue weighted by Crippen LogP contribution is 2.17. The van der Waals surface area contributed by atoms with Crippen molar-refractivity contribution in [2.24, 2.45) is 5.41 Å². The Morgan fingerprint density at radius 1 is 1.21 bits per heavy atom. The fourth-order valence-electron chi connectivity index (χ4n) is 1.82. The van der Waals surface area contributed by atoms with Crippen molar-refractivity contribution in [3.05, 3.63) is 29.8 Å². The molecule has 1 amide bonds. The van der Waals surface area contributed by atoms with Crippen LogP contribution in [0.1, 0.15) is 45.0 Å². The Labute approximate surface area is 117 Å². The van der Waals surface area contributed by atoms with Gasteiger partial charge in [-0.1, -0.05) is 26.8 Å². The Hall–Kier alpha value is -1.51. The Morgan fingerprint density at radius 3 is 2.37 bits per heavy atom. The van der Waals surface area contributed by atoms with Gasteiger partial charge in [0, 0.05) is 30.9 Å². The maximum Gasteiger partial charge on any atom is 0.253 e. The van der Waals surface area contributed by atoms with Gasteiger partial charge in [0.25, 0.3) is 5.91 Å². The highest BCUT2D eigenvalue weighted by atomic mass is 16.2. The lowest BCUT2D eigenvalue weighted by Gasteiger charge is -2.21. The van der Waals surface area contributed by atoms with E-state index in [4.69, 9.17) is 0 Å². The number of hydrogen-bond donors (Lipinski definition) is 1. The third-order valence-electron chi connectivity index (χ3n) is 2.98. The summed E-state index contributed by atoms with van der Waals surface area (Å²) in [6.45, 7) is 12.9. The van der Waals surface area contributed by atoms with Gasteiger partial charge in [-0.2, -0.15) is 0 Å². The van der Waals surface area contributed by atoms with Gasteiger partial charge in [-0.05, 0) is 37.5 Å². The zero-order valence-corrected chi connectivity index (χ0v) is 12.8. The smallest absolute Gasteiger partial charge is 0.253 e. The number of nitrogens with one attached hydrogen (secondary N) is 1. The van der Waals surface area contributed by atoms with E-state index in [9.17, 15) is 4.79 Å². The summed E-state index contributed by atoms with van der Waals surface area (Å²) < 4.78 is 0. The summed E-state index contributed by atoms with van der Waals surface area (Å²) >= 11 is 0. The lowest BCUT2D eigenvalue weighted by molar-refractivity contribution is 0.0773. The summed E-state index contributed by atoms with van der Waals surface area (Å²) in [5.74, 6) is 0.101. The summed E-state index contributed by atoms with van der Waals surface area (Å²) in [4.78, 5) is 14.1. The number of amides is 1. The molecule has 0 spiro atoms. The number of benzene rings is 1. The molecule has 0 saturated carbocycles. The van der Waals surface area contributed by atoms with Crippen molar-refractivity contribution >= 4 is 11.6 Å². The van der Waals surface area contributed by atoms with E-state index in [0.717, 1.165) is 30.9 Å². The SMILES string of the molecule is CCN(CC)C(=O)c1cccc(NCC(C)(C)C)c1. The first-order valence-electron chi connectivity index (χ1n) is 7.00. The van der Waals surface area contributed by atoms with Crippen LogP contribution in [0, 0.1) is 5.41 Å². The molecule has 0 aliphatic rings. The minimum absolute atomic E-state index is 0.101. The second-order valence-electron chi connectivity index (χ2n) is 5.97. The highest BCUT2D eigenvalue weighted by Gasteiger charge is 2.13. The summed E-state index contributed by atoms with van der Waals surface area (Å²) in [5.41, 5.74) is 1.98. The molecule has 0 aliphatic heterocycles. The number of carbonyl (C=O) groups excluding carboxylic acids is 1. The molecule has 1 rings (SSSR count). The van der Waals surface area contributed by atoms with E-state index < -0.39 is 0 Å². The number of nitrogens with zero attached hydrogens (tertiary/aromatic N) is 1. The molecule has 1 aromatic carbocycles. The van der Waals surface area contributed by atoms with Gasteiger partial charge in [-0.25, -0.2) is 0 Å². The molecule has 1 aromatic rings. The van der Waals surface area contributed by atoms with E-state index in [1.165, 1.54) is 0 Å². The zero-order chi connectivity index (χ0) is 14.5. The fraction of sp³-hybridized carbons (Fsp3) is 0.562. The zero-order valence-electron chi connectivity index (χ0n) is 12.8. The van der Waals surface area contributed by atoms with Crippen LogP contribution in [0.4, 0.5) is 5.69 Å². The molecule has 0 atom stereocenters. The van der Waals surface area contributed by atoms with Gasteiger partial charge in [0.15, 0.2) is 0 Å². The largest absolute Gasteiger partial charge is 0.385 e. The van der Waals surface area contributed by atoms with Gasteiger partial charge < -0.3 is 10.2 Å². The van der Waals surface area contributed by atoms with Crippen LogP contribution in [-0.4, -0.2) is 30.4 Å². The second kappa shape index (κ2) is 6.60. The molecule has 106 valence electrons. The average Bonchev–Trinajstić information content (AvgIpc) is 2.37. The average molecular weight is 262 g/mol. The summed E-state index contributed by atoms with van der Waals surface area (Å²) in [6, 6.07) is 7.75. The van der Waals surface area contributed by atoms with Gasteiger partial charge in [0.05, 0.1) is 0 Å². The van der Waals surface area contributed by atoms with Crippen molar-refractivity contribution < 1.29 is 4.79 Å². The van der Waals surface area contributed by atoms with Crippen molar-refractivity contribution in [1.82, 2.24) is 4.90 Å². The predicted molar refractivity (Wildman–Crippen MR) is 81.6 cm³/mol. The van der Waals surface area contributed by atoms with Crippen LogP contribution in [0.15, 0.2) is 24.3 Å². The minimum Gasteiger partial charge on any atom is -0.385 e. The Kier molecular flexibility index (Phi) is 5.40. The normalized spacial score (nSPS) is 11.2. The first kappa shape index (κ1) is 15.5. The summed E-state index contributed by atoms with van der Waals surface area (Å²) in [7, 11) is 0. The molecule has 0 heterocycles. The molecule has 0 fully saturated rings. The molecule has 3 nitrogen and oxygen atoms in total. The number of rotatable bonds is 5. The molecule has 0 aromatic heterocycles. The Balaban J connectivity index is 2.79. The topological polar surface area (TPSA) is 32.3 Å². The molecule has 1 N–H and O–H groups in total. The van der Waals surface area contributed by atoms with Gasteiger partial charge in [-0.3, -0.25) is 4.79 Å². The maximum absolute atomic E-state index is 12.3. The molecule has 0 aliphatic carbocycles. The van der Waals surface area contributed by atoms with E-state index in [0.29, 0.717) is 0 Å². The van der Waals surface area contributed by atoms with Crippen molar-refractivity contribution in [1.29, 1.82) is 0 Å². The van der Waals surface area contributed by atoms with Crippen LogP contribution in [0.2, 0.25) is 0 Å². The van der Waals surface area contributed by atoms with Crippen LogP contribution < -0.4 is 5.32 Å². The molecular weight excluding hydrogens is 236 g/mol. The van der Waals surface area contributed by atoms with Crippen LogP contribution in [-0.2, 0) is 0 Å². The highest BCUT2D eigenvalue weighted by molar-refractivity contribution is 5.95. The summed E-state index contributed by atoms with van der Waals surface area (Å²) in [6.07, 6.45) is 0. The molecular formula is C16H26N2O. The van der Waals surface area contributed by atoms with Crippen molar-refractivity contribution in [3.8, 4) is 0 Å². The number of hydrogen-bond acceptors (Lipinski definition) is 2. The quantitative estimate of drug-likeness (QED) is 0.879. The lowest BCUT2D eigenvalue weighted by atomic mass is 9.97. The molecule has 3 heteroatoms. The van der Waals surface area contributed by atoms with E-state index in [-0.39, 0.29) is 11.3 Å². The first-order valence-corrected chi connectivity index (χ1v) is 7.00. The molecule has 0 bridgehead atoms. The first-order chi connectivity index (χ1) is 8.87. The Morgan fingerprint density at radius 2 is 1.84 bits per heavy atom. The molecule has 0 unspecified atom stereocenters. The lowest BCUT2D eigenvalue weighted by Crippen LogP contribution is -2.30. The second-order valence-corrected chi connectivity index (χ2v) is 5.97. The van der Waals surface area contributed by atoms with E-state index in [2.05, 4.69) is 26.1 Å².